The Morgan fingerprint density at radius 1 is 1.47 bits per heavy atom. The van der Waals surface area contributed by atoms with Gasteiger partial charge < -0.3 is 9.53 Å². The summed E-state index contributed by atoms with van der Waals surface area (Å²) in [5.41, 5.74) is -0.970. The normalized spacial score (nSPS) is 14.7. The fourth-order valence-corrected chi connectivity index (χ4v) is 1.50. The Labute approximate surface area is 92.2 Å². The van der Waals surface area contributed by atoms with Gasteiger partial charge in [0.2, 0.25) is 0 Å². The number of rotatable bonds is 7. The lowest BCUT2D eigenvalue weighted by Crippen LogP contribution is -2.33. The predicted octanol–water partition coefficient (Wildman–Crippen LogP) is 2.58. The van der Waals surface area contributed by atoms with Crippen LogP contribution in [0.3, 0.4) is 0 Å². The van der Waals surface area contributed by atoms with Crippen molar-refractivity contribution in [1.29, 1.82) is 0 Å². The highest BCUT2D eigenvalue weighted by molar-refractivity contribution is 5.92. The maximum absolute atomic E-state index is 11.7. The number of hydrogen-bond donors (Lipinski definition) is 0. The summed E-state index contributed by atoms with van der Waals surface area (Å²) < 4.78 is 5.07. The van der Waals surface area contributed by atoms with Crippen LogP contribution in [0.5, 0.6) is 0 Å². The minimum atomic E-state index is -0.970. The lowest BCUT2D eigenvalue weighted by Gasteiger charge is -2.22. The minimum absolute atomic E-state index is 0.305. The summed E-state index contributed by atoms with van der Waals surface area (Å²) in [5, 5.41) is 0. The second-order valence-corrected chi connectivity index (χ2v) is 4.62. The molecule has 0 radical (unpaired) electrons. The van der Waals surface area contributed by atoms with E-state index in [1.807, 2.05) is 20.8 Å². The number of carbonyl (C=O) groups is 2. The van der Waals surface area contributed by atoms with Crippen molar-refractivity contribution < 1.29 is 14.3 Å². The predicted molar refractivity (Wildman–Crippen MR) is 59.5 cm³/mol. The number of carbonyl (C=O) groups excluding carboxylic acids is 2. The molecule has 88 valence electrons. The third kappa shape index (κ3) is 4.96. The second-order valence-electron chi connectivity index (χ2n) is 4.62. The van der Waals surface area contributed by atoms with Gasteiger partial charge in [-0.15, -0.1) is 0 Å². The van der Waals surface area contributed by atoms with Crippen LogP contribution in [0, 0.1) is 11.3 Å². The minimum Gasteiger partial charge on any atom is -0.465 e. The van der Waals surface area contributed by atoms with E-state index in [1.165, 1.54) is 0 Å². The number of hydrogen-bond acceptors (Lipinski definition) is 3. The molecule has 0 amide bonds. The van der Waals surface area contributed by atoms with Crippen LogP contribution >= 0.6 is 0 Å². The Bertz CT molecular complexity index is 211. The molecule has 0 saturated carbocycles. The van der Waals surface area contributed by atoms with E-state index in [9.17, 15) is 9.59 Å². The maximum atomic E-state index is 11.7. The molecule has 0 aliphatic heterocycles. The molecule has 0 aromatic rings. The van der Waals surface area contributed by atoms with Crippen molar-refractivity contribution in [3.8, 4) is 0 Å². The van der Waals surface area contributed by atoms with Crippen LogP contribution in [0.1, 0.15) is 47.0 Å². The molecule has 0 fully saturated rings. The first kappa shape index (κ1) is 14.1. The van der Waals surface area contributed by atoms with Gasteiger partial charge in [-0.1, -0.05) is 27.2 Å². The molecule has 0 spiro atoms. The van der Waals surface area contributed by atoms with Crippen molar-refractivity contribution >= 4 is 12.3 Å². The van der Waals surface area contributed by atoms with Crippen LogP contribution in [-0.2, 0) is 14.3 Å². The van der Waals surface area contributed by atoms with Gasteiger partial charge in [0.25, 0.3) is 0 Å². The van der Waals surface area contributed by atoms with E-state index < -0.39 is 5.41 Å². The summed E-state index contributed by atoms with van der Waals surface area (Å²) in [6.45, 7) is 8.06. The van der Waals surface area contributed by atoms with E-state index in [-0.39, 0.29) is 5.97 Å². The first-order valence-corrected chi connectivity index (χ1v) is 5.59. The van der Waals surface area contributed by atoms with Gasteiger partial charge in [0, 0.05) is 0 Å². The molecule has 0 aliphatic rings. The Morgan fingerprint density at radius 3 is 2.47 bits per heavy atom. The molecular formula is C12H22O3. The molecule has 0 heterocycles. The molecule has 0 aromatic heterocycles. The SMILES string of the molecule is CCCCOC(=O)C(C)(C=O)CC(C)C. The van der Waals surface area contributed by atoms with Crippen LogP contribution < -0.4 is 0 Å². The molecule has 3 heteroatoms. The van der Waals surface area contributed by atoms with Gasteiger partial charge in [-0.25, -0.2) is 0 Å². The van der Waals surface area contributed by atoms with Crippen molar-refractivity contribution in [2.24, 2.45) is 11.3 Å². The average Bonchev–Trinajstić information content (AvgIpc) is 2.16. The van der Waals surface area contributed by atoms with Gasteiger partial charge in [0.05, 0.1) is 6.61 Å². The summed E-state index contributed by atoms with van der Waals surface area (Å²) in [7, 11) is 0. The average molecular weight is 214 g/mol. The molecule has 1 unspecified atom stereocenters. The molecule has 0 bridgehead atoms. The third-order valence-corrected chi connectivity index (χ3v) is 2.29. The Balaban J connectivity index is 4.25. The Hall–Kier alpha value is -0.860. The van der Waals surface area contributed by atoms with Crippen LogP contribution in [-0.4, -0.2) is 18.9 Å². The lowest BCUT2D eigenvalue weighted by molar-refractivity contribution is -0.157. The molecule has 0 aliphatic carbocycles. The van der Waals surface area contributed by atoms with Gasteiger partial charge in [-0.3, -0.25) is 4.79 Å². The van der Waals surface area contributed by atoms with Gasteiger partial charge in [0.15, 0.2) is 0 Å². The van der Waals surface area contributed by atoms with Crippen LogP contribution in [0.15, 0.2) is 0 Å². The van der Waals surface area contributed by atoms with Crippen molar-refractivity contribution in [3.05, 3.63) is 0 Å². The van der Waals surface area contributed by atoms with Crippen LogP contribution in [0.2, 0.25) is 0 Å². The van der Waals surface area contributed by atoms with E-state index in [1.54, 1.807) is 6.92 Å². The third-order valence-electron chi connectivity index (χ3n) is 2.29. The summed E-state index contributed by atoms with van der Waals surface area (Å²) in [5.74, 6) is -0.0847. The zero-order valence-electron chi connectivity index (χ0n) is 10.2. The standard InChI is InChI=1S/C12H22O3/c1-5-6-7-15-11(14)12(4,9-13)8-10(2)3/h9-10H,5-8H2,1-4H3. The van der Waals surface area contributed by atoms with E-state index in [2.05, 4.69) is 0 Å². The van der Waals surface area contributed by atoms with E-state index >= 15 is 0 Å². The quantitative estimate of drug-likeness (QED) is 0.283. The zero-order valence-corrected chi connectivity index (χ0v) is 10.2. The van der Waals surface area contributed by atoms with E-state index in [0.29, 0.717) is 25.2 Å². The Morgan fingerprint density at radius 2 is 2.07 bits per heavy atom. The maximum Gasteiger partial charge on any atom is 0.319 e. The highest BCUT2D eigenvalue weighted by Crippen LogP contribution is 2.25. The monoisotopic (exact) mass is 214 g/mol. The number of ether oxygens (including phenoxy) is 1. The summed E-state index contributed by atoms with van der Waals surface area (Å²) in [4.78, 5) is 22.6. The molecule has 3 nitrogen and oxygen atoms in total. The van der Waals surface area contributed by atoms with Gasteiger partial charge >= 0.3 is 5.97 Å². The van der Waals surface area contributed by atoms with Crippen molar-refractivity contribution in [2.45, 2.75) is 47.0 Å². The highest BCUT2D eigenvalue weighted by Gasteiger charge is 2.35. The van der Waals surface area contributed by atoms with Crippen molar-refractivity contribution in [2.75, 3.05) is 6.61 Å². The molecule has 1 atom stereocenters. The van der Waals surface area contributed by atoms with E-state index in [0.717, 1.165) is 12.8 Å². The summed E-state index contributed by atoms with van der Waals surface area (Å²) in [6.07, 6.45) is 3.08. The molecule has 15 heavy (non-hydrogen) atoms. The smallest absolute Gasteiger partial charge is 0.319 e. The van der Waals surface area contributed by atoms with Gasteiger partial charge in [0.1, 0.15) is 11.7 Å². The molecule has 0 aromatic carbocycles. The van der Waals surface area contributed by atoms with Gasteiger partial charge in [-0.05, 0) is 25.7 Å². The van der Waals surface area contributed by atoms with E-state index in [4.69, 9.17) is 4.74 Å². The first-order valence-electron chi connectivity index (χ1n) is 5.59. The Kier molecular flexibility index (Phi) is 6.21. The van der Waals surface area contributed by atoms with Crippen LogP contribution in [0.4, 0.5) is 0 Å². The second kappa shape index (κ2) is 6.59. The first-order chi connectivity index (χ1) is 6.96. The molecular weight excluding hydrogens is 192 g/mol. The number of aldehydes is 1. The molecule has 0 rings (SSSR count). The number of esters is 1. The fraction of sp³-hybridized carbons (Fsp3) is 0.833. The van der Waals surface area contributed by atoms with Crippen molar-refractivity contribution in [1.82, 2.24) is 0 Å². The van der Waals surface area contributed by atoms with Gasteiger partial charge in [-0.2, -0.15) is 0 Å². The number of unbranched alkanes of at least 4 members (excludes halogenated alkanes) is 1. The lowest BCUT2D eigenvalue weighted by atomic mass is 9.83. The molecule has 0 saturated heterocycles. The summed E-state index contributed by atoms with van der Waals surface area (Å²) >= 11 is 0. The van der Waals surface area contributed by atoms with Crippen LogP contribution in [0.25, 0.3) is 0 Å². The fourth-order valence-electron chi connectivity index (χ4n) is 1.50. The largest absolute Gasteiger partial charge is 0.465 e. The van der Waals surface area contributed by atoms with Crippen molar-refractivity contribution in [3.63, 3.8) is 0 Å². The molecule has 0 N–H and O–H groups in total. The topological polar surface area (TPSA) is 43.4 Å². The summed E-state index contributed by atoms with van der Waals surface area (Å²) in [6, 6.07) is 0. The highest BCUT2D eigenvalue weighted by atomic mass is 16.5. The zero-order chi connectivity index (χ0) is 11.9.